The van der Waals surface area contributed by atoms with Crippen molar-refractivity contribution in [2.45, 2.75) is 38.6 Å². The molecule has 0 aromatic carbocycles. The van der Waals surface area contributed by atoms with Crippen LogP contribution in [0.2, 0.25) is 0 Å². The van der Waals surface area contributed by atoms with Crippen molar-refractivity contribution in [2.24, 2.45) is 7.05 Å². The van der Waals surface area contributed by atoms with Crippen molar-refractivity contribution in [2.75, 3.05) is 13.2 Å². The van der Waals surface area contributed by atoms with Gasteiger partial charge < -0.3 is 19.7 Å². The van der Waals surface area contributed by atoms with E-state index in [0.717, 1.165) is 16.7 Å². The predicted molar refractivity (Wildman–Crippen MR) is 104 cm³/mol. The Labute approximate surface area is 170 Å². The Kier molecular flexibility index (Phi) is 9.65. The van der Waals surface area contributed by atoms with E-state index in [9.17, 15) is 34.2 Å². The van der Waals surface area contributed by atoms with E-state index in [1.165, 1.54) is 13.1 Å². The molecule has 0 saturated carbocycles. The highest BCUT2D eigenvalue weighted by Crippen LogP contribution is 1.94. The first-order chi connectivity index (χ1) is 14.1. The molecule has 2 N–H and O–H groups in total. The summed E-state index contributed by atoms with van der Waals surface area (Å²) < 4.78 is 11.5. The van der Waals surface area contributed by atoms with E-state index in [0.29, 0.717) is 15.6 Å². The Morgan fingerprint density at radius 2 is 1.47 bits per heavy atom. The largest absolute Gasteiger partial charge is 0.460 e. The highest BCUT2D eigenvalue weighted by Gasteiger charge is 2.16. The summed E-state index contributed by atoms with van der Waals surface area (Å²) in [6.07, 6.45) is 1.02. The van der Waals surface area contributed by atoms with Gasteiger partial charge in [0, 0.05) is 19.2 Å². The number of carbonyl (C=O) groups excluding carboxylic acids is 2. The molecule has 1 aromatic heterocycles. The molecule has 1 rings (SSSR count). The summed E-state index contributed by atoms with van der Waals surface area (Å²) >= 11 is 0. The molecule has 166 valence electrons. The maximum atomic E-state index is 12.3. The average molecular weight is 427 g/mol. The fraction of sp³-hybridized carbons (Fsp3) is 0.500. The molecule has 2 atom stereocenters. The molecule has 12 heteroatoms. The number of aliphatic hydroxyl groups excluding tert-OH is 2. The first-order valence-electron chi connectivity index (χ1n) is 9.01. The molecule has 1 aromatic rings. The van der Waals surface area contributed by atoms with Gasteiger partial charge in [-0.1, -0.05) is 13.0 Å². The van der Waals surface area contributed by atoms with Crippen LogP contribution in [-0.2, 0) is 39.2 Å². The fourth-order valence-electron chi connectivity index (χ4n) is 2.17. The zero-order valence-corrected chi connectivity index (χ0v) is 16.7. The van der Waals surface area contributed by atoms with Crippen LogP contribution in [0.3, 0.4) is 0 Å². The summed E-state index contributed by atoms with van der Waals surface area (Å²) in [5.41, 5.74) is -2.71. The van der Waals surface area contributed by atoms with E-state index in [-0.39, 0.29) is 13.2 Å². The lowest BCUT2D eigenvalue weighted by Gasteiger charge is -2.14. The summed E-state index contributed by atoms with van der Waals surface area (Å²) in [6, 6.07) is 0. The molecule has 0 saturated heterocycles. The quantitative estimate of drug-likeness (QED) is 0.224. The molecule has 0 fully saturated rings. The summed E-state index contributed by atoms with van der Waals surface area (Å²) in [7, 11) is 1.18. The van der Waals surface area contributed by atoms with Gasteiger partial charge in [-0.3, -0.25) is 0 Å². The first-order valence-corrected chi connectivity index (χ1v) is 9.01. The molecule has 0 aliphatic heterocycles. The minimum Gasteiger partial charge on any atom is -0.460 e. The van der Waals surface area contributed by atoms with E-state index in [1.54, 1.807) is 6.92 Å². The van der Waals surface area contributed by atoms with E-state index in [1.807, 2.05) is 0 Å². The third-order valence-corrected chi connectivity index (χ3v) is 3.87. The summed E-state index contributed by atoms with van der Waals surface area (Å²) in [5, 5.41) is 19.3. The van der Waals surface area contributed by atoms with Crippen LogP contribution >= 0.6 is 0 Å². The van der Waals surface area contributed by atoms with Gasteiger partial charge in [-0.25, -0.2) is 37.7 Å². The molecule has 0 radical (unpaired) electrons. The monoisotopic (exact) mass is 427 g/mol. The van der Waals surface area contributed by atoms with Gasteiger partial charge in [-0.2, -0.15) is 0 Å². The Morgan fingerprint density at radius 1 is 0.967 bits per heavy atom. The first kappa shape index (κ1) is 24.8. The third-order valence-electron chi connectivity index (χ3n) is 3.87. The number of hydrogen-bond acceptors (Lipinski definition) is 9. The topological polar surface area (TPSA) is 159 Å². The minimum atomic E-state index is -1.44. The van der Waals surface area contributed by atoms with Crippen molar-refractivity contribution < 1.29 is 29.3 Å². The van der Waals surface area contributed by atoms with Crippen molar-refractivity contribution in [3.05, 3.63) is 56.3 Å². The second-order valence-electron chi connectivity index (χ2n) is 6.23. The maximum Gasteiger partial charge on any atom is 0.336 e. The van der Waals surface area contributed by atoms with E-state index in [2.05, 4.69) is 11.3 Å². The molecular weight excluding hydrogens is 402 g/mol. The second kappa shape index (κ2) is 11.7. The Balaban J connectivity index is 2.71. The van der Waals surface area contributed by atoms with Gasteiger partial charge in [-0.05, 0) is 6.42 Å². The van der Waals surface area contributed by atoms with Crippen LogP contribution in [0.15, 0.2) is 39.2 Å². The average Bonchev–Trinajstić information content (AvgIpc) is 2.73. The van der Waals surface area contributed by atoms with Gasteiger partial charge in [-0.15, -0.1) is 6.58 Å². The molecule has 2 unspecified atom stereocenters. The van der Waals surface area contributed by atoms with Gasteiger partial charge >= 0.3 is 29.0 Å². The normalized spacial score (nSPS) is 13.1. The van der Waals surface area contributed by atoms with Crippen LogP contribution in [0.1, 0.15) is 13.3 Å². The van der Waals surface area contributed by atoms with Crippen LogP contribution in [0, 0.1) is 0 Å². The van der Waals surface area contributed by atoms with Gasteiger partial charge in [0.1, 0.15) is 19.3 Å². The van der Waals surface area contributed by atoms with Gasteiger partial charge in [0.2, 0.25) is 0 Å². The number of ether oxygens (including phenoxy) is 2. The molecule has 0 spiro atoms. The van der Waals surface area contributed by atoms with E-state index in [4.69, 9.17) is 4.74 Å². The lowest BCUT2D eigenvalue weighted by molar-refractivity contribution is -0.143. The van der Waals surface area contributed by atoms with Crippen molar-refractivity contribution >= 4 is 11.9 Å². The molecule has 1 heterocycles. The number of carbonyl (C=O) groups is 2. The van der Waals surface area contributed by atoms with Crippen LogP contribution in [-0.4, -0.2) is 61.3 Å². The molecule has 0 aliphatic rings. The second-order valence-corrected chi connectivity index (χ2v) is 6.23. The molecule has 0 bridgehead atoms. The number of esters is 2. The van der Waals surface area contributed by atoms with Gasteiger partial charge in [0.15, 0.2) is 0 Å². The molecule has 0 amide bonds. The van der Waals surface area contributed by atoms with Gasteiger partial charge in [0.05, 0.1) is 19.2 Å². The summed E-state index contributed by atoms with van der Waals surface area (Å²) in [6.45, 7) is 3.67. The Hall–Kier alpha value is -3.25. The number of hydrogen-bond donors (Lipinski definition) is 2. The highest BCUT2D eigenvalue weighted by atomic mass is 16.5. The number of allylic oxidation sites excluding steroid dienone is 1. The number of aliphatic hydroxyl groups is 2. The van der Waals surface area contributed by atoms with Crippen molar-refractivity contribution in [1.29, 1.82) is 0 Å². The van der Waals surface area contributed by atoms with Gasteiger partial charge in [0.25, 0.3) is 0 Å². The fourth-order valence-corrected chi connectivity index (χ4v) is 2.17. The van der Waals surface area contributed by atoms with Crippen molar-refractivity contribution in [3.8, 4) is 0 Å². The third kappa shape index (κ3) is 6.97. The number of nitrogens with zero attached hydrogens (tertiary/aromatic N) is 3. The van der Waals surface area contributed by atoms with Crippen LogP contribution in [0.5, 0.6) is 0 Å². The SMILES string of the molecule is C=CCn1c(=O)n(C)c(=O)n(CC(O)COC(=O)/C=C/C(=O)OCC(O)CC)c1=O. The van der Waals surface area contributed by atoms with Crippen molar-refractivity contribution in [1.82, 2.24) is 13.7 Å². The lowest BCUT2D eigenvalue weighted by atomic mass is 10.3. The van der Waals surface area contributed by atoms with Crippen LogP contribution in [0.25, 0.3) is 0 Å². The van der Waals surface area contributed by atoms with E-state index < -0.39 is 54.4 Å². The van der Waals surface area contributed by atoms with Crippen molar-refractivity contribution in [3.63, 3.8) is 0 Å². The van der Waals surface area contributed by atoms with Crippen LogP contribution in [0.4, 0.5) is 0 Å². The zero-order valence-electron chi connectivity index (χ0n) is 16.7. The zero-order chi connectivity index (χ0) is 22.8. The maximum absolute atomic E-state index is 12.3. The van der Waals surface area contributed by atoms with Crippen LogP contribution < -0.4 is 17.1 Å². The lowest BCUT2D eigenvalue weighted by Crippen LogP contribution is -2.54. The smallest absolute Gasteiger partial charge is 0.336 e. The predicted octanol–water partition coefficient (Wildman–Crippen LogP) is -2.33. The Bertz CT molecular complexity index is 971. The molecule has 12 nitrogen and oxygen atoms in total. The standard InChI is InChI=1S/C18H25N3O9/c1-4-8-20-16(26)19(3)17(27)21(18(20)28)9-13(23)11-30-15(25)7-6-14(24)29-10-12(22)5-2/h4,6-7,12-13,22-23H,1,5,8-11H2,2-3H3/b7-6+. The van der Waals surface area contributed by atoms with E-state index >= 15 is 0 Å². The number of aromatic nitrogens is 3. The molecular formula is C18H25N3O9. The molecule has 0 aliphatic carbocycles. The minimum absolute atomic E-state index is 0.132. The number of rotatable bonds is 11. The summed E-state index contributed by atoms with van der Waals surface area (Å²) in [5.74, 6) is -1.83. The Morgan fingerprint density at radius 3 is 1.97 bits per heavy atom. The summed E-state index contributed by atoms with van der Waals surface area (Å²) in [4.78, 5) is 59.4. The highest BCUT2D eigenvalue weighted by molar-refractivity contribution is 5.91. The molecule has 30 heavy (non-hydrogen) atoms.